The first kappa shape index (κ1) is 13.7. The molecule has 0 aliphatic carbocycles. The van der Waals surface area contributed by atoms with E-state index in [1.165, 1.54) is 12.1 Å². The minimum Gasteiger partial charge on any atom is -0.379 e. The summed E-state index contributed by atoms with van der Waals surface area (Å²) >= 11 is 15.1. The molecule has 1 N–H and O–H groups in total. The number of rotatable bonds is 3. The Morgan fingerprint density at radius 2 is 1.72 bits per heavy atom. The molecule has 0 saturated heterocycles. The Hall–Kier alpha value is -0.770. The second-order valence-electron chi connectivity index (χ2n) is 3.71. The van der Waals surface area contributed by atoms with E-state index in [4.69, 9.17) is 23.2 Å². The van der Waals surface area contributed by atoms with Crippen LogP contribution in [-0.4, -0.2) is 0 Å². The Bertz CT molecular complexity index is 523. The van der Waals surface area contributed by atoms with Gasteiger partial charge in [-0.2, -0.15) is 0 Å². The van der Waals surface area contributed by atoms with Crippen molar-refractivity contribution in [3.63, 3.8) is 0 Å². The van der Waals surface area contributed by atoms with Crippen LogP contribution >= 0.6 is 39.1 Å². The Balaban J connectivity index is 2.16. The molecule has 0 aliphatic heterocycles. The summed E-state index contributed by atoms with van der Waals surface area (Å²) in [6.45, 7) is 0.457. The Kier molecular flexibility index (Phi) is 4.49. The summed E-state index contributed by atoms with van der Waals surface area (Å²) in [5.74, 6) is -0.336. The number of anilines is 1. The van der Waals surface area contributed by atoms with Gasteiger partial charge in [0.15, 0.2) is 0 Å². The predicted molar refractivity (Wildman–Crippen MR) is 77.9 cm³/mol. The molecule has 94 valence electrons. The third-order valence-corrected chi connectivity index (χ3v) is 3.65. The third kappa shape index (κ3) is 3.37. The SMILES string of the molecule is Fc1ccc(Cl)cc1NCc1cc(Cl)ccc1Br. The number of benzene rings is 2. The summed E-state index contributed by atoms with van der Waals surface area (Å²) in [7, 11) is 0. The summed E-state index contributed by atoms with van der Waals surface area (Å²) in [5, 5.41) is 4.12. The molecule has 2 rings (SSSR count). The van der Waals surface area contributed by atoms with Crippen molar-refractivity contribution >= 4 is 44.8 Å². The van der Waals surface area contributed by atoms with Crippen LogP contribution in [0.3, 0.4) is 0 Å². The molecule has 2 aromatic rings. The van der Waals surface area contributed by atoms with Gasteiger partial charge in [0.1, 0.15) is 5.82 Å². The van der Waals surface area contributed by atoms with E-state index in [0.717, 1.165) is 10.0 Å². The predicted octanol–water partition coefficient (Wildman–Crippen LogP) is 5.51. The van der Waals surface area contributed by atoms with Gasteiger partial charge >= 0.3 is 0 Å². The van der Waals surface area contributed by atoms with Gasteiger partial charge in [0.05, 0.1) is 5.69 Å². The lowest BCUT2D eigenvalue weighted by Gasteiger charge is -2.10. The molecule has 18 heavy (non-hydrogen) atoms. The topological polar surface area (TPSA) is 12.0 Å². The molecule has 0 heterocycles. The van der Waals surface area contributed by atoms with E-state index in [-0.39, 0.29) is 5.82 Å². The fraction of sp³-hybridized carbons (Fsp3) is 0.0769. The Morgan fingerprint density at radius 3 is 2.50 bits per heavy atom. The summed E-state index contributed by atoms with van der Waals surface area (Å²) in [5.41, 5.74) is 1.32. The van der Waals surface area contributed by atoms with Crippen LogP contribution in [0.25, 0.3) is 0 Å². The van der Waals surface area contributed by atoms with E-state index in [0.29, 0.717) is 22.3 Å². The lowest BCUT2D eigenvalue weighted by molar-refractivity contribution is 0.630. The number of halogens is 4. The first-order valence-corrected chi connectivity index (χ1v) is 6.74. The lowest BCUT2D eigenvalue weighted by atomic mass is 10.2. The van der Waals surface area contributed by atoms with Gasteiger partial charge in [-0.15, -0.1) is 0 Å². The second kappa shape index (κ2) is 5.91. The zero-order chi connectivity index (χ0) is 13.1. The molecular formula is C13H9BrCl2FN. The van der Waals surface area contributed by atoms with Crippen LogP contribution in [0.1, 0.15) is 5.56 Å². The van der Waals surface area contributed by atoms with Crippen LogP contribution in [0, 0.1) is 5.82 Å². The maximum atomic E-state index is 13.5. The van der Waals surface area contributed by atoms with E-state index < -0.39 is 0 Å². The Labute approximate surface area is 123 Å². The molecule has 5 heteroatoms. The van der Waals surface area contributed by atoms with E-state index >= 15 is 0 Å². The van der Waals surface area contributed by atoms with Crippen molar-refractivity contribution in [3.8, 4) is 0 Å². The van der Waals surface area contributed by atoms with Crippen LogP contribution in [0.4, 0.5) is 10.1 Å². The molecule has 0 fully saturated rings. The third-order valence-electron chi connectivity index (χ3n) is 2.41. The smallest absolute Gasteiger partial charge is 0.146 e. The van der Waals surface area contributed by atoms with Crippen molar-refractivity contribution in [2.24, 2.45) is 0 Å². The lowest BCUT2D eigenvalue weighted by Crippen LogP contribution is -2.02. The summed E-state index contributed by atoms with van der Waals surface area (Å²) in [4.78, 5) is 0. The highest BCUT2D eigenvalue weighted by Crippen LogP contribution is 2.24. The molecule has 0 radical (unpaired) electrons. The van der Waals surface area contributed by atoms with E-state index in [1.54, 1.807) is 12.1 Å². The van der Waals surface area contributed by atoms with Crippen molar-refractivity contribution in [2.75, 3.05) is 5.32 Å². The van der Waals surface area contributed by atoms with Crippen LogP contribution in [-0.2, 0) is 6.54 Å². The average molecular weight is 349 g/mol. The highest BCUT2D eigenvalue weighted by Gasteiger charge is 2.05. The highest BCUT2D eigenvalue weighted by atomic mass is 79.9. The van der Waals surface area contributed by atoms with E-state index in [1.807, 2.05) is 12.1 Å². The fourth-order valence-corrected chi connectivity index (χ4v) is 2.26. The van der Waals surface area contributed by atoms with Crippen LogP contribution in [0.2, 0.25) is 10.0 Å². The number of hydrogen-bond acceptors (Lipinski definition) is 1. The Morgan fingerprint density at radius 1 is 1.06 bits per heavy atom. The minimum atomic E-state index is -0.336. The molecule has 0 unspecified atom stereocenters. The van der Waals surface area contributed by atoms with Crippen LogP contribution < -0.4 is 5.32 Å². The molecule has 1 nitrogen and oxygen atoms in total. The zero-order valence-electron chi connectivity index (χ0n) is 9.18. The van der Waals surface area contributed by atoms with E-state index in [2.05, 4.69) is 21.2 Å². The van der Waals surface area contributed by atoms with Gasteiger partial charge in [0.2, 0.25) is 0 Å². The minimum absolute atomic E-state index is 0.336. The molecule has 2 aromatic carbocycles. The normalized spacial score (nSPS) is 10.4. The largest absolute Gasteiger partial charge is 0.379 e. The number of hydrogen-bond donors (Lipinski definition) is 1. The number of nitrogens with one attached hydrogen (secondary N) is 1. The van der Waals surface area contributed by atoms with Gasteiger partial charge in [-0.3, -0.25) is 0 Å². The molecule has 0 atom stereocenters. The van der Waals surface area contributed by atoms with Crippen LogP contribution in [0.15, 0.2) is 40.9 Å². The van der Waals surface area contributed by atoms with Gasteiger partial charge in [-0.05, 0) is 42.0 Å². The van der Waals surface area contributed by atoms with Gasteiger partial charge in [0.25, 0.3) is 0 Å². The molecule has 0 amide bonds. The van der Waals surface area contributed by atoms with Crippen molar-refractivity contribution in [2.45, 2.75) is 6.54 Å². The quantitative estimate of drug-likeness (QED) is 0.771. The maximum Gasteiger partial charge on any atom is 0.146 e. The maximum absolute atomic E-state index is 13.5. The van der Waals surface area contributed by atoms with Crippen molar-refractivity contribution in [3.05, 3.63) is 62.3 Å². The zero-order valence-corrected chi connectivity index (χ0v) is 12.3. The monoisotopic (exact) mass is 347 g/mol. The van der Waals surface area contributed by atoms with Gasteiger partial charge in [0, 0.05) is 21.1 Å². The summed E-state index contributed by atoms with van der Waals surface area (Å²) in [6.07, 6.45) is 0. The van der Waals surface area contributed by atoms with Gasteiger partial charge < -0.3 is 5.32 Å². The molecule has 0 aliphatic rings. The molecule has 0 saturated carbocycles. The van der Waals surface area contributed by atoms with E-state index in [9.17, 15) is 4.39 Å². The van der Waals surface area contributed by atoms with Gasteiger partial charge in [-0.25, -0.2) is 4.39 Å². The average Bonchev–Trinajstić information content (AvgIpc) is 2.34. The van der Waals surface area contributed by atoms with Gasteiger partial charge in [-0.1, -0.05) is 39.1 Å². The summed E-state index contributed by atoms with van der Waals surface area (Å²) < 4.78 is 14.4. The van der Waals surface area contributed by atoms with Crippen molar-refractivity contribution in [1.29, 1.82) is 0 Å². The first-order chi connectivity index (χ1) is 8.56. The van der Waals surface area contributed by atoms with Crippen molar-refractivity contribution in [1.82, 2.24) is 0 Å². The summed E-state index contributed by atoms with van der Waals surface area (Å²) in [6, 6.07) is 9.86. The second-order valence-corrected chi connectivity index (χ2v) is 5.44. The van der Waals surface area contributed by atoms with Crippen LogP contribution in [0.5, 0.6) is 0 Å². The molecular weight excluding hydrogens is 340 g/mol. The fourth-order valence-electron chi connectivity index (χ4n) is 1.50. The standard InChI is InChI=1S/C13H9BrCl2FN/c14-11-3-1-9(15)5-8(11)7-18-13-6-10(16)2-4-12(13)17/h1-6,18H,7H2. The highest BCUT2D eigenvalue weighted by molar-refractivity contribution is 9.10. The molecule has 0 bridgehead atoms. The first-order valence-electron chi connectivity index (χ1n) is 5.19. The molecule has 0 aromatic heterocycles. The molecule has 0 spiro atoms. The van der Waals surface area contributed by atoms with Crippen molar-refractivity contribution < 1.29 is 4.39 Å².